The van der Waals surface area contributed by atoms with Crippen LogP contribution in [0.4, 0.5) is 10.5 Å². The molecule has 1 fully saturated rings. The van der Waals surface area contributed by atoms with Gasteiger partial charge in [0.15, 0.2) is 0 Å². The van der Waals surface area contributed by atoms with Crippen LogP contribution >= 0.6 is 11.6 Å². The third-order valence-electron chi connectivity index (χ3n) is 4.55. The molecule has 3 rings (SSSR count). The van der Waals surface area contributed by atoms with Crippen molar-refractivity contribution >= 4 is 23.3 Å². The molecule has 0 unspecified atom stereocenters. The molecule has 0 radical (unpaired) electrons. The zero-order chi connectivity index (χ0) is 18.5. The fourth-order valence-corrected chi connectivity index (χ4v) is 3.38. The lowest BCUT2D eigenvalue weighted by Gasteiger charge is -2.34. The highest BCUT2D eigenvalue weighted by Crippen LogP contribution is 2.27. The van der Waals surface area contributed by atoms with E-state index in [0.717, 1.165) is 19.6 Å². The van der Waals surface area contributed by atoms with Gasteiger partial charge in [-0.3, -0.25) is 4.90 Å². The molecule has 0 bridgehead atoms. The third-order valence-corrected chi connectivity index (χ3v) is 4.85. The van der Waals surface area contributed by atoms with Crippen molar-refractivity contribution in [3.8, 4) is 5.75 Å². The van der Waals surface area contributed by atoms with Gasteiger partial charge in [-0.1, -0.05) is 41.4 Å². The number of aryl methyl sites for hydroxylation is 1. The van der Waals surface area contributed by atoms with Crippen LogP contribution in [-0.4, -0.2) is 49.1 Å². The number of urea groups is 1. The van der Waals surface area contributed by atoms with Crippen LogP contribution in [0.2, 0.25) is 5.02 Å². The van der Waals surface area contributed by atoms with E-state index in [1.165, 1.54) is 11.1 Å². The first-order chi connectivity index (χ1) is 12.5. The van der Waals surface area contributed by atoms with E-state index in [4.69, 9.17) is 16.3 Å². The minimum absolute atomic E-state index is 0.0959. The lowest BCUT2D eigenvalue weighted by Crippen LogP contribution is -2.49. The Morgan fingerprint density at radius 3 is 2.58 bits per heavy atom. The van der Waals surface area contributed by atoms with E-state index in [1.54, 1.807) is 25.3 Å². The summed E-state index contributed by atoms with van der Waals surface area (Å²) in [5.41, 5.74) is 3.26. The van der Waals surface area contributed by atoms with E-state index in [-0.39, 0.29) is 6.03 Å². The number of halogens is 1. The van der Waals surface area contributed by atoms with Gasteiger partial charge in [0.2, 0.25) is 0 Å². The number of amides is 2. The smallest absolute Gasteiger partial charge is 0.321 e. The van der Waals surface area contributed by atoms with Crippen molar-refractivity contribution in [2.24, 2.45) is 0 Å². The first-order valence-corrected chi connectivity index (χ1v) is 9.10. The minimum atomic E-state index is -0.0959. The molecule has 138 valence electrons. The van der Waals surface area contributed by atoms with Gasteiger partial charge in [0.05, 0.1) is 12.1 Å². The van der Waals surface area contributed by atoms with Crippen LogP contribution in [-0.2, 0) is 6.54 Å². The second-order valence-electron chi connectivity index (χ2n) is 6.53. The molecule has 2 aromatic rings. The SMILES string of the molecule is COc1ccc(NC(=O)N2CCN(Cc3cccc(C)c3)CC2)cc1Cl. The predicted molar refractivity (Wildman–Crippen MR) is 105 cm³/mol. The summed E-state index contributed by atoms with van der Waals surface area (Å²) in [6.07, 6.45) is 0. The van der Waals surface area contributed by atoms with Crippen molar-refractivity contribution < 1.29 is 9.53 Å². The Hall–Kier alpha value is -2.24. The fraction of sp³-hybridized carbons (Fsp3) is 0.350. The normalized spacial score (nSPS) is 15.0. The molecule has 0 saturated carbocycles. The molecule has 1 aliphatic rings. The van der Waals surface area contributed by atoms with E-state index < -0.39 is 0 Å². The van der Waals surface area contributed by atoms with Gasteiger partial charge in [-0.2, -0.15) is 0 Å². The number of ether oxygens (including phenoxy) is 1. The molecular weight excluding hydrogens is 350 g/mol. The molecule has 0 spiro atoms. The van der Waals surface area contributed by atoms with Crippen LogP contribution in [0.5, 0.6) is 5.75 Å². The van der Waals surface area contributed by atoms with Gasteiger partial charge >= 0.3 is 6.03 Å². The molecule has 0 aliphatic carbocycles. The second kappa shape index (κ2) is 8.43. The van der Waals surface area contributed by atoms with Gasteiger partial charge in [0.25, 0.3) is 0 Å². The number of nitrogens with one attached hydrogen (secondary N) is 1. The first-order valence-electron chi connectivity index (χ1n) is 8.72. The van der Waals surface area contributed by atoms with Crippen molar-refractivity contribution in [1.29, 1.82) is 0 Å². The van der Waals surface area contributed by atoms with Crippen LogP contribution in [0.15, 0.2) is 42.5 Å². The maximum absolute atomic E-state index is 12.5. The van der Waals surface area contributed by atoms with Gasteiger partial charge in [0.1, 0.15) is 5.75 Å². The zero-order valence-electron chi connectivity index (χ0n) is 15.2. The maximum Gasteiger partial charge on any atom is 0.321 e. The van der Waals surface area contributed by atoms with E-state index in [0.29, 0.717) is 29.5 Å². The quantitative estimate of drug-likeness (QED) is 0.880. The fourth-order valence-electron chi connectivity index (χ4n) is 3.12. The molecule has 6 heteroatoms. The molecule has 1 heterocycles. The number of piperazine rings is 1. The molecule has 5 nitrogen and oxygen atoms in total. The Kier molecular flexibility index (Phi) is 6.01. The van der Waals surface area contributed by atoms with Crippen molar-refractivity contribution in [3.63, 3.8) is 0 Å². The summed E-state index contributed by atoms with van der Waals surface area (Å²) < 4.78 is 5.13. The molecule has 1 N–H and O–H groups in total. The first kappa shape index (κ1) is 18.5. The summed E-state index contributed by atoms with van der Waals surface area (Å²) in [5, 5.41) is 3.38. The number of hydrogen-bond donors (Lipinski definition) is 1. The molecule has 2 amide bonds. The maximum atomic E-state index is 12.5. The molecule has 26 heavy (non-hydrogen) atoms. The summed E-state index contributed by atoms with van der Waals surface area (Å²) in [7, 11) is 1.57. The van der Waals surface area contributed by atoms with Gasteiger partial charge in [-0.15, -0.1) is 0 Å². The second-order valence-corrected chi connectivity index (χ2v) is 6.94. The highest BCUT2D eigenvalue weighted by molar-refractivity contribution is 6.32. The topological polar surface area (TPSA) is 44.8 Å². The molecule has 2 aromatic carbocycles. The molecular formula is C20H24ClN3O2. The number of carbonyl (C=O) groups excluding carboxylic acids is 1. The lowest BCUT2D eigenvalue weighted by atomic mass is 10.1. The number of nitrogens with zero attached hydrogens (tertiary/aromatic N) is 2. The standard InChI is InChI=1S/C20H24ClN3O2/c1-15-4-3-5-16(12-15)14-23-8-10-24(11-9-23)20(25)22-17-6-7-19(26-2)18(21)13-17/h3-7,12-13H,8-11,14H2,1-2H3,(H,22,25). The van der Waals surface area contributed by atoms with Crippen molar-refractivity contribution in [1.82, 2.24) is 9.80 Å². The van der Waals surface area contributed by atoms with Crippen LogP contribution < -0.4 is 10.1 Å². The average molecular weight is 374 g/mol. The van der Waals surface area contributed by atoms with E-state index >= 15 is 0 Å². The Morgan fingerprint density at radius 1 is 1.15 bits per heavy atom. The third kappa shape index (κ3) is 4.68. The molecule has 1 saturated heterocycles. The largest absolute Gasteiger partial charge is 0.495 e. The molecule has 1 aliphatic heterocycles. The van der Waals surface area contributed by atoms with E-state index in [2.05, 4.69) is 41.4 Å². The monoisotopic (exact) mass is 373 g/mol. The average Bonchev–Trinajstić information content (AvgIpc) is 2.62. The molecule has 0 aromatic heterocycles. The zero-order valence-corrected chi connectivity index (χ0v) is 15.9. The minimum Gasteiger partial charge on any atom is -0.495 e. The highest BCUT2D eigenvalue weighted by Gasteiger charge is 2.21. The number of methoxy groups -OCH3 is 1. The summed E-state index contributed by atoms with van der Waals surface area (Å²) in [6, 6.07) is 13.7. The Labute approximate surface area is 159 Å². The number of rotatable bonds is 4. The summed E-state index contributed by atoms with van der Waals surface area (Å²) >= 11 is 6.11. The van der Waals surface area contributed by atoms with E-state index in [1.807, 2.05) is 4.90 Å². The number of hydrogen-bond acceptors (Lipinski definition) is 3. The number of anilines is 1. The lowest BCUT2D eigenvalue weighted by molar-refractivity contribution is 0.143. The Bertz CT molecular complexity index is 773. The summed E-state index contributed by atoms with van der Waals surface area (Å²) in [5.74, 6) is 0.592. The van der Waals surface area contributed by atoms with Gasteiger partial charge in [-0.05, 0) is 30.7 Å². The van der Waals surface area contributed by atoms with Gasteiger partial charge in [-0.25, -0.2) is 4.79 Å². The number of benzene rings is 2. The van der Waals surface area contributed by atoms with Crippen LogP contribution in [0.25, 0.3) is 0 Å². The summed E-state index contributed by atoms with van der Waals surface area (Å²) in [4.78, 5) is 16.7. The molecule has 0 atom stereocenters. The van der Waals surface area contributed by atoms with Gasteiger partial charge < -0.3 is 15.0 Å². The Morgan fingerprint density at radius 2 is 1.92 bits per heavy atom. The Balaban J connectivity index is 1.51. The van der Waals surface area contributed by atoms with Crippen molar-refractivity contribution in [3.05, 3.63) is 58.6 Å². The van der Waals surface area contributed by atoms with Crippen molar-refractivity contribution in [2.45, 2.75) is 13.5 Å². The van der Waals surface area contributed by atoms with Crippen molar-refractivity contribution in [2.75, 3.05) is 38.6 Å². The highest BCUT2D eigenvalue weighted by atomic mass is 35.5. The van der Waals surface area contributed by atoms with Crippen LogP contribution in [0.1, 0.15) is 11.1 Å². The summed E-state index contributed by atoms with van der Waals surface area (Å²) in [6.45, 7) is 6.18. The van der Waals surface area contributed by atoms with E-state index in [9.17, 15) is 4.79 Å². The predicted octanol–water partition coefficient (Wildman–Crippen LogP) is 4.01. The number of carbonyl (C=O) groups is 1. The van der Waals surface area contributed by atoms with Gasteiger partial charge in [0, 0.05) is 38.4 Å². The van der Waals surface area contributed by atoms with Crippen LogP contribution in [0.3, 0.4) is 0 Å². The van der Waals surface area contributed by atoms with Crippen LogP contribution in [0, 0.1) is 6.92 Å².